The van der Waals surface area contributed by atoms with Gasteiger partial charge in [-0.3, -0.25) is 0 Å². The van der Waals surface area contributed by atoms with E-state index in [1.165, 1.54) is 4.31 Å². The van der Waals surface area contributed by atoms with Crippen LogP contribution in [-0.4, -0.2) is 45.2 Å². The Hall–Kier alpha value is -0.920. The van der Waals surface area contributed by atoms with Crippen LogP contribution in [0.3, 0.4) is 0 Å². The van der Waals surface area contributed by atoms with E-state index in [9.17, 15) is 16.8 Å². The Morgan fingerprint density at radius 3 is 1.79 bits per heavy atom. The zero-order chi connectivity index (χ0) is 18.4. The van der Waals surface area contributed by atoms with Gasteiger partial charge in [-0.05, 0) is 68.9 Å². The standard InChI is InChI=1S/C17H27NO4S2/c1-7-18(16-8-9-23(19,20)10-16)24(21,22)17-14(5)12(3)11(2)13(4)15(17)6/h16H,7-10H2,1-6H3/t16-/m0/s1. The van der Waals surface area contributed by atoms with E-state index < -0.39 is 25.9 Å². The SMILES string of the molecule is CCN([C@H]1CCS(=O)(=O)C1)S(=O)(=O)c1c(C)c(C)c(C)c(C)c1C. The van der Waals surface area contributed by atoms with Crippen LogP contribution in [0.2, 0.25) is 0 Å². The first-order valence-electron chi connectivity index (χ1n) is 8.23. The average Bonchev–Trinajstić information content (AvgIpc) is 2.83. The van der Waals surface area contributed by atoms with Crippen LogP contribution in [-0.2, 0) is 19.9 Å². The minimum Gasteiger partial charge on any atom is -0.229 e. The summed E-state index contributed by atoms with van der Waals surface area (Å²) in [7, 11) is -6.88. The van der Waals surface area contributed by atoms with E-state index >= 15 is 0 Å². The van der Waals surface area contributed by atoms with E-state index in [1.807, 2.05) is 34.6 Å². The molecule has 1 aliphatic rings. The van der Waals surface area contributed by atoms with Crippen LogP contribution in [0.25, 0.3) is 0 Å². The number of hydrogen-bond acceptors (Lipinski definition) is 4. The molecule has 5 nitrogen and oxygen atoms in total. The molecule has 7 heteroatoms. The molecule has 1 fully saturated rings. The predicted molar refractivity (Wildman–Crippen MR) is 96.8 cm³/mol. The third kappa shape index (κ3) is 3.13. The van der Waals surface area contributed by atoms with Gasteiger partial charge in [-0.15, -0.1) is 0 Å². The van der Waals surface area contributed by atoms with E-state index in [4.69, 9.17) is 0 Å². The van der Waals surface area contributed by atoms with Gasteiger partial charge in [0.15, 0.2) is 9.84 Å². The van der Waals surface area contributed by atoms with Crippen LogP contribution in [0.15, 0.2) is 4.90 Å². The monoisotopic (exact) mass is 373 g/mol. The highest BCUT2D eigenvalue weighted by molar-refractivity contribution is 7.92. The smallest absolute Gasteiger partial charge is 0.229 e. The van der Waals surface area contributed by atoms with E-state index in [2.05, 4.69) is 0 Å². The molecular formula is C17H27NO4S2. The zero-order valence-corrected chi connectivity index (χ0v) is 16.9. The fourth-order valence-electron chi connectivity index (χ4n) is 3.60. The number of nitrogens with zero attached hydrogens (tertiary/aromatic N) is 1. The van der Waals surface area contributed by atoms with E-state index in [0.29, 0.717) is 11.3 Å². The minimum atomic E-state index is -3.74. The van der Waals surface area contributed by atoms with Gasteiger partial charge in [0.1, 0.15) is 0 Å². The van der Waals surface area contributed by atoms with Gasteiger partial charge in [-0.2, -0.15) is 4.31 Å². The van der Waals surface area contributed by atoms with Gasteiger partial charge < -0.3 is 0 Å². The van der Waals surface area contributed by atoms with Crippen molar-refractivity contribution >= 4 is 19.9 Å². The summed E-state index contributed by atoms with van der Waals surface area (Å²) in [4.78, 5) is 0.342. The van der Waals surface area contributed by atoms with Crippen LogP contribution < -0.4 is 0 Å². The van der Waals surface area contributed by atoms with Gasteiger partial charge in [0.2, 0.25) is 10.0 Å². The van der Waals surface area contributed by atoms with E-state index in [1.54, 1.807) is 6.92 Å². The highest BCUT2D eigenvalue weighted by atomic mass is 32.2. The molecular weight excluding hydrogens is 346 g/mol. The third-order valence-corrected chi connectivity index (χ3v) is 9.48. The first-order valence-corrected chi connectivity index (χ1v) is 11.5. The average molecular weight is 374 g/mol. The van der Waals surface area contributed by atoms with E-state index in [-0.39, 0.29) is 18.1 Å². The second-order valence-electron chi connectivity index (χ2n) is 6.72. The molecule has 0 radical (unpaired) electrons. The highest BCUT2D eigenvalue weighted by Gasteiger charge is 2.39. The lowest BCUT2D eigenvalue weighted by atomic mass is 9.95. The maximum atomic E-state index is 13.3. The number of rotatable bonds is 4. The normalized spacial score (nSPS) is 20.7. The van der Waals surface area contributed by atoms with Crippen molar-refractivity contribution in [3.8, 4) is 0 Å². The highest BCUT2D eigenvalue weighted by Crippen LogP contribution is 2.33. The summed E-state index contributed by atoms with van der Waals surface area (Å²) in [6, 6.07) is -0.467. The summed E-state index contributed by atoms with van der Waals surface area (Å²) in [6.45, 7) is 11.6. The molecule has 1 aromatic rings. The second-order valence-corrected chi connectivity index (χ2v) is 10.8. The quantitative estimate of drug-likeness (QED) is 0.813. The summed E-state index contributed by atoms with van der Waals surface area (Å²) >= 11 is 0. The van der Waals surface area contributed by atoms with Crippen LogP contribution >= 0.6 is 0 Å². The molecule has 1 heterocycles. The predicted octanol–water partition coefficient (Wildman–Crippen LogP) is 2.43. The first kappa shape index (κ1) is 19.4. The Morgan fingerprint density at radius 1 is 0.958 bits per heavy atom. The molecule has 0 aliphatic carbocycles. The molecule has 2 rings (SSSR count). The lowest BCUT2D eigenvalue weighted by molar-refractivity contribution is 0.354. The number of hydrogen-bond donors (Lipinski definition) is 0. The second kappa shape index (κ2) is 6.42. The molecule has 0 amide bonds. The fraction of sp³-hybridized carbons (Fsp3) is 0.647. The van der Waals surface area contributed by atoms with Crippen molar-refractivity contribution in [1.29, 1.82) is 0 Å². The van der Waals surface area contributed by atoms with Crippen LogP contribution in [0.5, 0.6) is 0 Å². The third-order valence-electron chi connectivity index (χ3n) is 5.43. The minimum absolute atomic E-state index is 0.0631. The molecule has 0 N–H and O–H groups in total. The maximum Gasteiger partial charge on any atom is 0.243 e. The summed E-state index contributed by atoms with van der Waals surface area (Å²) in [6.07, 6.45) is 0.372. The zero-order valence-electron chi connectivity index (χ0n) is 15.3. The number of sulfone groups is 1. The van der Waals surface area contributed by atoms with Gasteiger partial charge in [0.25, 0.3) is 0 Å². The summed E-state index contributed by atoms with van der Waals surface area (Å²) in [5, 5.41) is 0. The molecule has 0 saturated carbocycles. The molecule has 1 saturated heterocycles. The molecule has 1 aromatic carbocycles. The molecule has 136 valence electrons. The van der Waals surface area contributed by atoms with Gasteiger partial charge in [-0.25, -0.2) is 16.8 Å². The van der Waals surface area contributed by atoms with Crippen LogP contribution in [0, 0.1) is 34.6 Å². The summed E-state index contributed by atoms with van der Waals surface area (Å²) in [5.41, 5.74) is 4.58. The fourth-order valence-corrected chi connectivity index (χ4v) is 7.65. The molecule has 0 spiro atoms. The van der Waals surface area contributed by atoms with Crippen molar-refractivity contribution in [2.24, 2.45) is 0 Å². The summed E-state index contributed by atoms with van der Waals surface area (Å²) in [5.74, 6) is -0.0183. The Kier molecular flexibility index (Phi) is 5.19. The van der Waals surface area contributed by atoms with Crippen molar-refractivity contribution in [3.05, 3.63) is 27.8 Å². The largest absolute Gasteiger partial charge is 0.243 e. The van der Waals surface area contributed by atoms with Crippen molar-refractivity contribution in [2.75, 3.05) is 18.1 Å². The maximum absolute atomic E-state index is 13.3. The molecule has 1 aliphatic heterocycles. The Labute approximate surface area is 146 Å². The number of sulfonamides is 1. The molecule has 0 aromatic heterocycles. The topological polar surface area (TPSA) is 71.5 Å². The Bertz CT molecular complexity index is 841. The molecule has 0 bridgehead atoms. The van der Waals surface area contributed by atoms with Crippen LogP contribution in [0.1, 0.15) is 41.2 Å². The van der Waals surface area contributed by atoms with Crippen molar-refractivity contribution in [3.63, 3.8) is 0 Å². The van der Waals surface area contributed by atoms with Gasteiger partial charge >= 0.3 is 0 Å². The first-order chi connectivity index (χ1) is 10.9. The van der Waals surface area contributed by atoms with E-state index in [0.717, 1.165) is 27.8 Å². The van der Waals surface area contributed by atoms with Crippen LogP contribution in [0.4, 0.5) is 0 Å². The lowest BCUT2D eigenvalue weighted by Gasteiger charge is -2.29. The van der Waals surface area contributed by atoms with Crippen molar-refractivity contribution in [2.45, 2.75) is 58.9 Å². The van der Waals surface area contributed by atoms with Crippen molar-refractivity contribution < 1.29 is 16.8 Å². The van der Waals surface area contributed by atoms with Crippen molar-refractivity contribution in [1.82, 2.24) is 4.31 Å². The molecule has 0 unspecified atom stereocenters. The Morgan fingerprint density at radius 2 is 1.42 bits per heavy atom. The van der Waals surface area contributed by atoms with Gasteiger partial charge in [-0.1, -0.05) is 6.92 Å². The molecule has 24 heavy (non-hydrogen) atoms. The lowest BCUT2D eigenvalue weighted by Crippen LogP contribution is -2.41. The Balaban J connectivity index is 2.62. The van der Waals surface area contributed by atoms with Gasteiger partial charge in [0.05, 0.1) is 16.4 Å². The molecule has 1 atom stereocenters. The van der Waals surface area contributed by atoms with Gasteiger partial charge in [0, 0.05) is 12.6 Å². The number of benzene rings is 1. The summed E-state index contributed by atoms with van der Waals surface area (Å²) < 4.78 is 51.7.